The zero-order valence-corrected chi connectivity index (χ0v) is 15.0. The number of rotatable bonds is 3. The van der Waals surface area contributed by atoms with Crippen LogP contribution in [0.2, 0.25) is 0 Å². The molecule has 0 saturated heterocycles. The lowest BCUT2D eigenvalue weighted by atomic mass is 9.97. The van der Waals surface area contributed by atoms with Crippen LogP contribution in [-0.2, 0) is 17.6 Å². The van der Waals surface area contributed by atoms with E-state index in [1.165, 1.54) is 40.5 Å². The number of aryl methyl sites for hydroxylation is 2. The van der Waals surface area contributed by atoms with E-state index in [2.05, 4.69) is 15.6 Å². The number of fused-ring (bicyclic) bond motifs is 3. The highest BCUT2D eigenvalue weighted by atomic mass is 32.1. The fraction of sp³-hybridized carbons (Fsp3) is 0.333. The maximum absolute atomic E-state index is 13.0. The lowest BCUT2D eigenvalue weighted by molar-refractivity contribution is -0.119. The summed E-state index contributed by atoms with van der Waals surface area (Å²) in [6.07, 6.45) is 4.02. The van der Waals surface area contributed by atoms with Gasteiger partial charge >= 0.3 is 0 Å². The Kier molecular flexibility index (Phi) is 4.28. The van der Waals surface area contributed by atoms with Gasteiger partial charge in [-0.05, 0) is 62.4 Å². The Morgan fingerprint density at radius 2 is 2.00 bits per heavy atom. The van der Waals surface area contributed by atoms with Gasteiger partial charge in [-0.25, -0.2) is 4.39 Å². The standard InChI is InChI=1S/C18H17FN4O2S/c1-10(16(24)20-12-8-6-11(19)7-9-12)23-18(25)15-13-4-2-3-5-14(13)26-17(15)21-22-23/h6-10H,2-5H2,1H3,(H,20,24)/t10-/m0/s1. The summed E-state index contributed by atoms with van der Waals surface area (Å²) >= 11 is 1.52. The Balaban J connectivity index is 1.67. The lowest BCUT2D eigenvalue weighted by Gasteiger charge is -2.14. The fourth-order valence-corrected chi connectivity index (χ4v) is 4.43. The van der Waals surface area contributed by atoms with Gasteiger partial charge in [0.05, 0.1) is 5.39 Å². The number of nitrogens with zero attached hydrogens (tertiary/aromatic N) is 3. The average Bonchev–Trinajstić information content (AvgIpc) is 3.02. The number of nitrogens with one attached hydrogen (secondary N) is 1. The first kappa shape index (κ1) is 16.8. The number of benzene rings is 1. The summed E-state index contributed by atoms with van der Waals surface area (Å²) in [5.41, 5.74) is 1.24. The Hall–Kier alpha value is -2.61. The molecule has 0 fully saturated rings. The molecule has 3 aromatic rings. The molecule has 1 aliphatic rings. The average molecular weight is 372 g/mol. The highest BCUT2D eigenvalue weighted by Crippen LogP contribution is 2.33. The van der Waals surface area contributed by atoms with E-state index in [1.807, 2.05) is 0 Å². The summed E-state index contributed by atoms with van der Waals surface area (Å²) in [5.74, 6) is -0.790. The van der Waals surface area contributed by atoms with Gasteiger partial charge < -0.3 is 5.32 Å². The Morgan fingerprint density at radius 3 is 2.77 bits per heavy atom. The van der Waals surface area contributed by atoms with Gasteiger partial charge in [-0.2, -0.15) is 4.68 Å². The fourth-order valence-electron chi connectivity index (χ4n) is 3.23. The maximum atomic E-state index is 13.0. The van der Waals surface area contributed by atoms with Crippen LogP contribution in [-0.4, -0.2) is 20.9 Å². The van der Waals surface area contributed by atoms with Crippen molar-refractivity contribution in [1.82, 2.24) is 15.0 Å². The van der Waals surface area contributed by atoms with Crippen LogP contribution in [0, 0.1) is 5.82 Å². The first-order chi connectivity index (χ1) is 12.5. The molecule has 1 atom stereocenters. The number of anilines is 1. The molecular weight excluding hydrogens is 355 g/mol. The van der Waals surface area contributed by atoms with Gasteiger partial charge in [0, 0.05) is 10.6 Å². The molecular formula is C18H17FN4O2S. The van der Waals surface area contributed by atoms with E-state index in [0.29, 0.717) is 15.9 Å². The number of hydrogen-bond acceptors (Lipinski definition) is 5. The van der Waals surface area contributed by atoms with Crippen molar-refractivity contribution in [3.05, 3.63) is 50.9 Å². The monoisotopic (exact) mass is 372 g/mol. The van der Waals surface area contributed by atoms with Crippen molar-refractivity contribution < 1.29 is 9.18 Å². The van der Waals surface area contributed by atoms with Crippen molar-refractivity contribution in [1.29, 1.82) is 0 Å². The molecule has 6 nitrogen and oxygen atoms in total. The van der Waals surface area contributed by atoms with Crippen molar-refractivity contribution in [3.63, 3.8) is 0 Å². The zero-order chi connectivity index (χ0) is 18.3. The topological polar surface area (TPSA) is 76.9 Å². The van der Waals surface area contributed by atoms with Gasteiger partial charge in [-0.15, -0.1) is 16.4 Å². The van der Waals surface area contributed by atoms with Crippen molar-refractivity contribution in [2.24, 2.45) is 0 Å². The summed E-state index contributed by atoms with van der Waals surface area (Å²) in [6, 6.07) is 4.62. The van der Waals surface area contributed by atoms with Gasteiger partial charge in [0.2, 0.25) is 5.91 Å². The smallest absolute Gasteiger partial charge is 0.279 e. The van der Waals surface area contributed by atoms with Crippen LogP contribution in [0.5, 0.6) is 0 Å². The predicted octanol–water partition coefficient (Wildman–Crippen LogP) is 3.07. The minimum absolute atomic E-state index is 0.281. The van der Waals surface area contributed by atoms with E-state index in [4.69, 9.17) is 0 Å². The molecule has 2 heterocycles. The largest absolute Gasteiger partial charge is 0.324 e. The molecule has 0 unspecified atom stereocenters. The number of carbonyl (C=O) groups is 1. The summed E-state index contributed by atoms with van der Waals surface area (Å²) in [4.78, 5) is 27.3. The van der Waals surface area contributed by atoms with Crippen molar-refractivity contribution in [2.75, 3.05) is 5.32 Å². The Bertz CT molecular complexity index is 1040. The van der Waals surface area contributed by atoms with Gasteiger partial charge in [-0.3, -0.25) is 9.59 Å². The van der Waals surface area contributed by atoms with Gasteiger partial charge in [0.25, 0.3) is 5.56 Å². The van der Waals surface area contributed by atoms with Crippen LogP contribution in [0.3, 0.4) is 0 Å². The van der Waals surface area contributed by atoms with Crippen molar-refractivity contribution >= 4 is 33.1 Å². The molecule has 1 aromatic carbocycles. The van der Waals surface area contributed by atoms with E-state index in [0.717, 1.165) is 35.9 Å². The second-order valence-corrected chi connectivity index (χ2v) is 7.49. The number of thiophene rings is 1. The third-order valence-electron chi connectivity index (χ3n) is 4.66. The molecule has 1 amide bonds. The minimum Gasteiger partial charge on any atom is -0.324 e. The number of aromatic nitrogens is 3. The molecule has 8 heteroatoms. The Labute approximate surface area is 152 Å². The molecule has 2 aromatic heterocycles. The van der Waals surface area contributed by atoms with Gasteiger partial charge in [0.15, 0.2) is 4.83 Å². The second kappa shape index (κ2) is 6.60. The van der Waals surface area contributed by atoms with Gasteiger partial charge in [-0.1, -0.05) is 5.21 Å². The van der Waals surface area contributed by atoms with Crippen molar-refractivity contribution in [2.45, 2.75) is 38.6 Å². The summed E-state index contributed by atoms with van der Waals surface area (Å²) in [7, 11) is 0. The SMILES string of the molecule is C[C@@H](C(=O)Nc1ccc(F)cc1)n1nnc2sc3c(c2c1=O)CCCC3. The second-order valence-electron chi connectivity index (χ2n) is 6.40. The minimum atomic E-state index is -0.830. The van der Waals surface area contributed by atoms with Crippen LogP contribution in [0.25, 0.3) is 10.2 Å². The molecule has 0 spiro atoms. The lowest BCUT2D eigenvalue weighted by Crippen LogP contribution is -2.34. The molecule has 1 N–H and O–H groups in total. The quantitative estimate of drug-likeness (QED) is 0.767. The molecule has 0 bridgehead atoms. The molecule has 0 aliphatic heterocycles. The number of halogens is 1. The normalized spacial score (nSPS) is 14.8. The van der Waals surface area contributed by atoms with Crippen LogP contribution < -0.4 is 10.9 Å². The third kappa shape index (κ3) is 2.90. The first-order valence-electron chi connectivity index (χ1n) is 8.51. The molecule has 26 heavy (non-hydrogen) atoms. The van der Waals surface area contributed by atoms with Gasteiger partial charge in [0.1, 0.15) is 11.9 Å². The van der Waals surface area contributed by atoms with Crippen molar-refractivity contribution in [3.8, 4) is 0 Å². The molecule has 1 aliphatic carbocycles. The van der Waals surface area contributed by atoms with Crippen LogP contribution in [0.4, 0.5) is 10.1 Å². The van der Waals surface area contributed by atoms with E-state index in [1.54, 1.807) is 6.92 Å². The van der Waals surface area contributed by atoms with Crippen LogP contribution in [0.15, 0.2) is 29.1 Å². The first-order valence-corrected chi connectivity index (χ1v) is 9.32. The number of carbonyl (C=O) groups excluding carboxylic acids is 1. The summed E-state index contributed by atoms with van der Waals surface area (Å²) < 4.78 is 14.1. The zero-order valence-electron chi connectivity index (χ0n) is 14.2. The van der Waals surface area contributed by atoms with E-state index in [-0.39, 0.29) is 11.4 Å². The summed E-state index contributed by atoms with van der Waals surface area (Å²) in [5, 5.41) is 11.4. The highest BCUT2D eigenvalue weighted by molar-refractivity contribution is 7.18. The van der Waals surface area contributed by atoms with Crippen LogP contribution >= 0.6 is 11.3 Å². The molecule has 0 radical (unpaired) electrons. The number of hydrogen-bond donors (Lipinski definition) is 1. The molecule has 134 valence electrons. The van der Waals surface area contributed by atoms with Crippen LogP contribution in [0.1, 0.15) is 36.2 Å². The van der Waals surface area contributed by atoms with E-state index < -0.39 is 11.9 Å². The molecule has 0 saturated carbocycles. The number of amides is 1. The predicted molar refractivity (Wildman–Crippen MR) is 98.1 cm³/mol. The highest BCUT2D eigenvalue weighted by Gasteiger charge is 2.24. The van der Waals surface area contributed by atoms with E-state index >= 15 is 0 Å². The Morgan fingerprint density at radius 1 is 1.27 bits per heavy atom. The molecule has 4 rings (SSSR count). The van der Waals surface area contributed by atoms with E-state index in [9.17, 15) is 14.0 Å². The summed E-state index contributed by atoms with van der Waals surface area (Å²) in [6.45, 7) is 1.60. The maximum Gasteiger partial charge on any atom is 0.279 e. The third-order valence-corrected chi connectivity index (χ3v) is 5.84.